The molecule has 2 aliphatic rings. The number of aliphatic hydroxyl groups excluding tert-OH is 1. The Bertz CT molecular complexity index is 368. The Morgan fingerprint density at radius 2 is 2.29 bits per heavy atom. The van der Waals surface area contributed by atoms with Crippen LogP contribution in [0.25, 0.3) is 0 Å². The fourth-order valence-electron chi connectivity index (χ4n) is 2.98. The van der Waals surface area contributed by atoms with Crippen LogP contribution in [-0.2, 0) is 19.0 Å². The second-order valence-electron chi connectivity index (χ2n) is 5.85. The largest absolute Gasteiger partial charge is 0.462 e. The Morgan fingerprint density at radius 1 is 1.48 bits per heavy atom. The summed E-state index contributed by atoms with van der Waals surface area (Å²) in [5, 5.41) is 9.95. The zero-order valence-corrected chi connectivity index (χ0v) is 12.9. The van der Waals surface area contributed by atoms with Gasteiger partial charge >= 0.3 is 5.97 Å². The molecule has 0 radical (unpaired) electrons. The maximum Gasteiger partial charge on any atom is 0.306 e. The molecule has 1 N–H and O–H groups in total. The number of ether oxygens (including phenoxy) is 3. The highest BCUT2D eigenvalue weighted by Crippen LogP contribution is 2.36. The molecule has 2 rings (SSSR count). The highest BCUT2D eigenvalue weighted by atomic mass is 16.7. The van der Waals surface area contributed by atoms with E-state index < -0.39 is 6.10 Å². The van der Waals surface area contributed by atoms with Crippen molar-refractivity contribution in [2.45, 2.75) is 70.1 Å². The summed E-state index contributed by atoms with van der Waals surface area (Å²) in [6, 6.07) is 0. The molecule has 0 aliphatic carbocycles. The van der Waals surface area contributed by atoms with Gasteiger partial charge in [-0.2, -0.15) is 0 Å². The SMILES string of the molecule is CCCCC[C@H](O)/C=C/[C@H]1OC(OC)C[C@@H]2OC(=O)C[C@@H]21. The molecule has 5 nitrogen and oxygen atoms in total. The van der Waals surface area contributed by atoms with Crippen LogP contribution in [0.5, 0.6) is 0 Å². The summed E-state index contributed by atoms with van der Waals surface area (Å²) >= 11 is 0. The molecule has 2 heterocycles. The van der Waals surface area contributed by atoms with Gasteiger partial charge in [0.25, 0.3) is 0 Å². The van der Waals surface area contributed by atoms with Crippen molar-refractivity contribution in [1.82, 2.24) is 0 Å². The molecular weight excluding hydrogens is 272 g/mol. The molecule has 5 atom stereocenters. The molecule has 2 fully saturated rings. The highest BCUT2D eigenvalue weighted by Gasteiger charge is 2.45. The number of methoxy groups -OCH3 is 1. The van der Waals surface area contributed by atoms with E-state index in [4.69, 9.17) is 14.2 Å². The lowest BCUT2D eigenvalue weighted by atomic mass is 9.89. The van der Waals surface area contributed by atoms with Gasteiger partial charge in [-0.1, -0.05) is 38.3 Å². The minimum atomic E-state index is -0.459. The van der Waals surface area contributed by atoms with Gasteiger partial charge < -0.3 is 19.3 Å². The van der Waals surface area contributed by atoms with Crippen molar-refractivity contribution < 1.29 is 24.1 Å². The van der Waals surface area contributed by atoms with Crippen molar-refractivity contribution in [1.29, 1.82) is 0 Å². The number of carbonyl (C=O) groups excluding carboxylic acids is 1. The van der Waals surface area contributed by atoms with E-state index in [0.29, 0.717) is 12.8 Å². The first-order valence-corrected chi connectivity index (χ1v) is 7.88. The van der Waals surface area contributed by atoms with Crippen LogP contribution in [-0.4, -0.2) is 42.8 Å². The average molecular weight is 298 g/mol. The molecule has 0 aromatic rings. The zero-order valence-electron chi connectivity index (χ0n) is 12.9. The molecule has 0 aromatic heterocycles. The van der Waals surface area contributed by atoms with Gasteiger partial charge in [-0.25, -0.2) is 0 Å². The van der Waals surface area contributed by atoms with E-state index in [0.717, 1.165) is 25.7 Å². The summed E-state index contributed by atoms with van der Waals surface area (Å²) in [5.41, 5.74) is 0. The van der Waals surface area contributed by atoms with Crippen molar-refractivity contribution in [3.63, 3.8) is 0 Å². The van der Waals surface area contributed by atoms with Gasteiger partial charge in [0.2, 0.25) is 0 Å². The van der Waals surface area contributed by atoms with Crippen LogP contribution in [0.1, 0.15) is 45.4 Å². The number of fused-ring (bicyclic) bond motifs is 1. The average Bonchev–Trinajstić information content (AvgIpc) is 2.85. The second-order valence-corrected chi connectivity index (χ2v) is 5.85. The van der Waals surface area contributed by atoms with Crippen molar-refractivity contribution in [2.24, 2.45) is 5.92 Å². The predicted molar refractivity (Wildman–Crippen MR) is 77.6 cm³/mol. The van der Waals surface area contributed by atoms with E-state index in [1.54, 1.807) is 13.2 Å². The molecule has 2 aliphatic heterocycles. The predicted octanol–water partition coefficient (Wildman–Crippen LogP) is 2.18. The third-order valence-electron chi connectivity index (χ3n) is 4.21. The lowest BCUT2D eigenvalue weighted by Crippen LogP contribution is -2.42. The first-order chi connectivity index (χ1) is 10.1. The van der Waals surface area contributed by atoms with Gasteiger partial charge in [-0.05, 0) is 6.42 Å². The number of hydrogen-bond acceptors (Lipinski definition) is 5. The Kier molecular flexibility index (Phi) is 6.21. The molecule has 2 saturated heterocycles. The number of aliphatic hydroxyl groups is 1. The summed E-state index contributed by atoms with van der Waals surface area (Å²) in [5.74, 6) is -0.143. The van der Waals surface area contributed by atoms with Crippen LogP contribution in [0.2, 0.25) is 0 Å². The van der Waals surface area contributed by atoms with Crippen molar-refractivity contribution in [3.05, 3.63) is 12.2 Å². The second kappa shape index (κ2) is 7.92. The Hall–Kier alpha value is -0.910. The minimum Gasteiger partial charge on any atom is -0.462 e. The lowest BCUT2D eigenvalue weighted by molar-refractivity contribution is -0.205. The molecule has 0 saturated carbocycles. The number of rotatable bonds is 7. The van der Waals surface area contributed by atoms with Gasteiger partial charge in [-0.15, -0.1) is 0 Å². The van der Waals surface area contributed by atoms with Gasteiger partial charge in [0.15, 0.2) is 6.29 Å². The zero-order chi connectivity index (χ0) is 15.2. The summed E-state index contributed by atoms with van der Waals surface area (Å²) in [6.07, 6.45) is 7.45. The summed E-state index contributed by atoms with van der Waals surface area (Å²) in [7, 11) is 1.59. The third-order valence-corrected chi connectivity index (χ3v) is 4.21. The Balaban J connectivity index is 1.91. The van der Waals surface area contributed by atoms with Crippen molar-refractivity contribution in [2.75, 3.05) is 7.11 Å². The van der Waals surface area contributed by atoms with Crippen LogP contribution >= 0.6 is 0 Å². The minimum absolute atomic E-state index is 0.0305. The Labute approximate surface area is 126 Å². The van der Waals surface area contributed by atoms with Gasteiger partial charge in [0, 0.05) is 19.4 Å². The monoisotopic (exact) mass is 298 g/mol. The van der Waals surface area contributed by atoms with Gasteiger partial charge in [0.1, 0.15) is 6.10 Å². The van der Waals surface area contributed by atoms with Crippen LogP contribution in [0.15, 0.2) is 12.2 Å². The van der Waals surface area contributed by atoms with Crippen molar-refractivity contribution >= 4 is 5.97 Å². The molecule has 0 spiro atoms. The molecule has 0 aromatic carbocycles. The topological polar surface area (TPSA) is 65.0 Å². The molecule has 120 valence electrons. The number of esters is 1. The van der Waals surface area contributed by atoms with Crippen LogP contribution in [0.4, 0.5) is 0 Å². The quantitative estimate of drug-likeness (QED) is 0.443. The maximum atomic E-state index is 11.5. The van der Waals surface area contributed by atoms with E-state index >= 15 is 0 Å². The highest BCUT2D eigenvalue weighted by molar-refractivity contribution is 5.72. The molecule has 1 unspecified atom stereocenters. The van der Waals surface area contributed by atoms with E-state index in [-0.39, 0.29) is 30.4 Å². The standard InChI is InChI=1S/C16H26O5/c1-3-4-5-6-11(17)7-8-13-12-9-15(18)20-14(12)10-16(19-2)21-13/h7-8,11-14,16-17H,3-6,9-10H2,1-2H3/b8-7+/t11-,12+,13+,14-,16?/m0/s1. The normalized spacial score (nSPS) is 34.0. The number of hydrogen-bond donors (Lipinski definition) is 1. The first-order valence-electron chi connectivity index (χ1n) is 7.88. The van der Waals surface area contributed by atoms with E-state index in [9.17, 15) is 9.90 Å². The van der Waals surface area contributed by atoms with E-state index in [2.05, 4.69) is 6.92 Å². The van der Waals surface area contributed by atoms with E-state index in [1.807, 2.05) is 6.08 Å². The van der Waals surface area contributed by atoms with Crippen molar-refractivity contribution in [3.8, 4) is 0 Å². The summed E-state index contributed by atoms with van der Waals surface area (Å²) in [4.78, 5) is 11.5. The fraction of sp³-hybridized carbons (Fsp3) is 0.812. The lowest BCUT2D eigenvalue weighted by Gasteiger charge is -2.35. The Morgan fingerprint density at radius 3 is 3.00 bits per heavy atom. The number of carbonyl (C=O) groups is 1. The summed E-state index contributed by atoms with van der Waals surface area (Å²) < 4.78 is 16.4. The third kappa shape index (κ3) is 4.53. The van der Waals surface area contributed by atoms with Gasteiger partial charge in [-0.3, -0.25) is 4.79 Å². The maximum absolute atomic E-state index is 11.5. The molecule has 21 heavy (non-hydrogen) atoms. The molecule has 0 amide bonds. The van der Waals surface area contributed by atoms with Crippen LogP contribution in [0, 0.1) is 5.92 Å². The van der Waals surface area contributed by atoms with Crippen LogP contribution in [0.3, 0.4) is 0 Å². The summed E-state index contributed by atoms with van der Waals surface area (Å²) in [6.45, 7) is 2.14. The fourth-order valence-corrected chi connectivity index (χ4v) is 2.98. The molecular formula is C16H26O5. The molecule has 5 heteroatoms. The van der Waals surface area contributed by atoms with E-state index in [1.165, 1.54) is 0 Å². The number of unbranched alkanes of at least 4 members (excludes halogenated alkanes) is 2. The van der Waals surface area contributed by atoms with Gasteiger partial charge in [0.05, 0.1) is 18.6 Å². The first kappa shape index (κ1) is 16.5. The smallest absolute Gasteiger partial charge is 0.306 e. The molecule has 0 bridgehead atoms. The van der Waals surface area contributed by atoms with Crippen LogP contribution < -0.4 is 0 Å².